The lowest BCUT2D eigenvalue weighted by Gasteiger charge is -2.39. The quantitative estimate of drug-likeness (QED) is 0.701. The molecule has 3 aromatic rings. The van der Waals surface area contributed by atoms with Gasteiger partial charge in [-0.25, -0.2) is 13.6 Å². The minimum absolute atomic E-state index is 0.107. The molecule has 1 aromatic heterocycles. The summed E-state index contributed by atoms with van der Waals surface area (Å²) >= 11 is 0. The average molecular weight is 412 g/mol. The maximum absolute atomic E-state index is 14.4. The number of halogens is 2. The summed E-state index contributed by atoms with van der Waals surface area (Å²) < 4.78 is 35.3. The number of nitrogens with one attached hydrogen (secondary N) is 1. The summed E-state index contributed by atoms with van der Waals surface area (Å²) in [7, 11) is 0. The van der Waals surface area contributed by atoms with Crippen LogP contribution in [0.15, 0.2) is 41.2 Å². The van der Waals surface area contributed by atoms with Crippen LogP contribution >= 0.6 is 0 Å². The number of rotatable bonds is 2. The van der Waals surface area contributed by atoms with E-state index in [2.05, 4.69) is 29.0 Å². The number of hydrogen-bond acceptors (Lipinski definition) is 5. The Labute approximate surface area is 172 Å². The molecule has 0 bridgehead atoms. The summed E-state index contributed by atoms with van der Waals surface area (Å²) in [4.78, 5) is 19.6. The summed E-state index contributed by atoms with van der Waals surface area (Å²) in [5, 5.41) is 4.26. The van der Waals surface area contributed by atoms with E-state index in [9.17, 15) is 13.6 Å². The number of para-hydroxylation sites is 1. The van der Waals surface area contributed by atoms with Crippen LogP contribution in [0.3, 0.4) is 0 Å². The van der Waals surface area contributed by atoms with Crippen LogP contribution in [0, 0.1) is 11.6 Å². The summed E-state index contributed by atoms with van der Waals surface area (Å²) in [6, 6.07) is 9.37. The lowest BCUT2D eigenvalue weighted by Crippen LogP contribution is -2.55. The van der Waals surface area contributed by atoms with Crippen molar-refractivity contribution in [3.63, 3.8) is 0 Å². The predicted octanol–water partition coefficient (Wildman–Crippen LogP) is 3.00. The van der Waals surface area contributed by atoms with Gasteiger partial charge >= 0.3 is 5.69 Å². The SMILES string of the molecule is C[C@@H]1CN(c2nc(=O)n3c4c(cccc24)OC(c2ccc(F)cc2F)C3)[C@@H](C)CN1. The highest BCUT2D eigenvalue weighted by atomic mass is 19.1. The fourth-order valence-corrected chi connectivity index (χ4v) is 4.37. The Kier molecular flexibility index (Phi) is 4.47. The summed E-state index contributed by atoms with van der Waals surface area (Å²) in [6.07, 6.45) is -0.743. The lowest BCUT2D eigenvalue weighted by molar-refractivity contribution is 0.166. The maximum Gasteiger partial charge on any atom is 0.350 e. The molecule has 2 aromatic carbocycles. The molecule has 2 aliphatic rings. The molecule has 0 saturated carbocycles. The summed E-state index contributed by atoms with van der Waals surface area (Å²) in [5.41, 5.74) is 0.461. The first-order chi connectivity index (χ1) is 14.4. The molecule has 1 saturated heterocycles. The molecule has 0 spiro atoms. The van der Waals surface area contributed by atoms with Gasteiger partial charge in [0.1, 0.15) is 29.3 Å². The van der Waals surface area contributed by atoms with E-state index >= 15 is 0 Å². The van der Waals surface area contributed by atoms with Crippen LogP contribution in [0.1, 0.15) is 25.5 Å². The highest BCUT2D eigenvalue weighted by Gasteiger charge is 2.31. The molecule has 5 rings (SSSR count). The Bertz CT molecular complexity index is 1200. The second kappa shape index (κ2) is 7.05. The number of hydrogen-bond donors (Lipinski definition) is 1. The van der Waals surface area contributed by atoms with Crippen LogP contribution in [-0.2, 0) is 6.54 Å². The number of piperazine rings is 1. The normalized spacial score (nSPS) is 23.5. The van der Waals surface area contributed by atoms with Gasteiger partial charge in [-0.15, -0.1) is 0 Å². The second-order valence-electron chi connectivity index (χ2n) is 8.06. The number of anilines is 1. The minimum atomic E-state index is -0.743. The molecular formula is C22H22F2N4O2. The van der Waals surface area contributed by atoms with Crippen molar-refractivity contribution < 1.29 is 13.5 Å². The Balaban J connectivity index is 1.63. The zero-order chi connectivity index (χ0) is 21.0. The molecule has 30 heavy (non-hydrogen) atoms. The van der Waals surface area contributed by atoms with Crippen LogP contribution in [0.4, 0.5) is 14.6 Å². The zero-order valence-corrected chi connectivity index (χ0v) is 16.7. The van der Waals surface area contributed by atoms with E-state index in [1.54, 1.807) is 6.07 Å². The van der Waals surface area contributed by atoms with Crippen molar-refractivity contribution >= 4 is 16.7 Å². The van der Waals surface area contributed by atoms with Crippen molar-refractivity contribution in [2.75, 3.05) is 18.0 Å². The largest absolute Gasteiger partial charge is 0.482 e. The summed E-state index contributed by atoms with van der Waals surface area (Å²) in [5.74, 6) is -0.220. The molecule has 0 amide bonds. The van der Waals surface area contributed by atoms with Crippen molar-refractivity contribution in [2.45, 2.75) is 38.6 Å². The molecule has 156 valence electrons. The Morgan fingerprint density at radius 3 is 2.80 bits per heavy atom. The molecule has 6 nitrogen and oxygen atoms in total. The van der Waals surface area contributed by atoms with Gasteiger partial charge in [0.15, 0.2) is 0 Å². The first-order valence-corrected chi connectivity index (χ1v) is 10.1. The third kappa shape index (κ3) is 3.02. The maximum atomic E-state index is 14.4. The van der Waals surface area contributed by atoms with Gasteiger partial charge in [0.2, 0.25) is 0 Å². The highest BCUT2D eigenvalue weighted by molar-refractivity contribution is 5.94. The van der Waals surface area contributed by atoms with Crippen molar-refractivity contribution in [3.05, 3.63) is 64.1 Å². The second-order valence-corrected chi connectivity index (χ2v) is 8.06. The third-order valence-electron chi connectivity index (χ3n) is 5.91. The molecule has 1 unspecified atom stereocenters. The lowest BCUT2D eigenvalue weighted by atomic mass is 10.1. The van der Waals surface area contributed by atoms with E-state index in [0.717, 1.165) is 24.5 Å². The van der Waals surface area contributed by atoms with Crippen molar-refractivity contribution in [2.24, 2.45) is 0 Å². The molecule has 0 radical (unpaired) electrons. The molecule has 3 heterocycles. The summed E-state index contributed by atoms with van der Waals surface area (Å²) in [6.45, 7) is 5.84. The van der Waals surface area contributed by atoms with Gasteiger partial charge in [0, 0.05) is 42.2 Å². The topological polar surface area (TPSA) is 59.4 Å². The van der Waals surface area contributed by atoms with Gasteiger partial charge in [0.25, 0.3) is 0 Å². The smallest absolute Gasteiger partial charge is 0.350 e. The first kappa shape index (κ1) is 19.0. The highest BCUT2D eigenvalue weighted by Crippen LogP contribution is 2.38. The number of aromatic nitrogens is 2. The number of benzene rings is 2. The van der Waals surface area contributed by atoms with Gasteiger partial charge in [-0.1, -0.05) is 6.07 Å². The average Bonchev–Trinajstić information content (AvgIpc) is 2.72. The molecule has 0 aliphatic carbocycles. The van der Waals surface area contributed by atoms with E-state index in [4.69, 9.17) is 4.74 Å². The molecule has 1 N–H and O–H groups in total. The van der Waals surface area contributed by atoms with Crippen LogP contribution in [-0.4, -0.2) is 34.7 Å². The first-order valence-electron chi connectivity index (χ1n) is 10.1. The van der Waals surface area contributed by atoms with Crippen LogP contribution in [0.2, 0.25) is 0 Å². The van der Waals surface area contributed by atoms with E-state index in [1.807, 2.05) is 12.1 Å². The Hall–Kier alpha value is -3.00. The fraction of sp³-hybridized carbons (Fsp3) is 0.364. The Morgan fingerprint density at radius 1 is 1.17 bits per heavy atom. The number of nitrogens with zero attached hydrogens (tertiary/aromatic N) is 3. The third-order valence-corrected chi connectivity index (χ3v) is 5.91. The Morgan fingerprint density at radius 2 is 2.00 bits per heavy atom. The molecule has 8 heteroatoms. The van der Waals surface area contributed by atoms with Crippen LogP contribution in [0.25, 0.3) is 10.9 Å². The fourth-order valence-electron chi connectivity index (χ4n) is 4.37. The monoisotopic (exact) mass is 412 g/mol. The van der Waals surface area contributed by atoms with E-state index < -0.39 is 23.4 Å². The van der Waals surface area contributed by atoms with Crippen molar-refractivity contribution in [3.8, 4) is 5.75 Å². The van der Waals surface area contributed by atoms with Gasteiger partial charge in [-0.2, -0.15) is 4.98 Å². The van der Waals surface area contributed by atoms with E-state index in [-0.39, 0.29) is 24.2 Å². The van der Waals surface area contributed by atoms with Gasteiger partial charge in [-0.3, -0.25) is 4.57 Å². The van der Waals surface area contributed by atoms with Gasteiger partial charge < -0.3 is 15.0 Å². The zero-order valence-electron chi connectivity index (χ0n) is 16.7. The predicted molar refractivity (Wildman–Crippen MR) is 110 cm³/mol. The minimum Gasteiger partial charge on any atom is -0.482 e. The van der Waals surface area contributed by atoms with Gasteiger partial charge in [-0.05, 0) is 38.1 Å². The molecular weight excluding hydrogens is 390 g/mol. The van der Waals surface area contributed by atoms with Crippen LogP contribution < -0.4 is 20.6 Å². The van der Waals surface area contributed by atoms with E-state index in [0.29, 0.717) is 17.1 Å². The number of ether oxygens (including phenoxy) is 1. The van der Waals surface area contributed by atoms with Crippen molar-refractivity contribution in [1.29, 1.82) is 0 Å². The molecule has 3 atom stereocenters. The molecule has 2 aliphatic heterocycles. The molecule has 1 fully saturated rings. The van der Waals surface area contributed by atoms with Gasteiger partial charge in [0.05, 0.1) is 12.1 Å². The van der Waals surface area contributed by atoms with Crippen LogP contribution in [0.5, 0.6) is 5.75 Å². The van der Waals surface area contributed by atoms with Crippen molar-refractivity contribution in [1.82, 2.24) is 14.9 Å². The van der Waals surface area contributed by atoms with E-state index in [1.165, 1.54) is 16.7 Å². The standard InChI is InChI=1S/C22H22F2N4O2/c1-12-10-27(13(2)9-25-12)21-16-4-3-5-18-20(16)28(22(29)26-21)11-19(30-18)15-7-6-14(23)8-17(15)24/h3-8,12-13,19,25H,9-11H2,1-2H3/t12-,13+,19?/m1/s1.